The number of hydrogen-bond acceptors (Lipinski definition) is 5. The second-order valence-electron chi connectivity index (χ2n) is 1.21. The highest BCUT2D eigenvalue weighted by atomic mass is 16.3. The molecule has 0 saturated carbocycles. The van der Waals surface area contributed by atoms with Crippen LogP contribution in [-0.4, -0.2) is 58.6 Å². The van der Waals surface area contributed by atoms with Gasteiger partial charge in [0.05, 0.1) is 26.4 Å². The molecule has 0 aromatic rings. The van der Waals surface area contributed by atoms with Gasteiger partial charge >= 0.3 is 0 Å². The summed E-state index contributed by atoms with van der Waals surface area (Å²) in [6.07, 6.45) is 0. The Morgan fingerprint density at radius 3 is 0.727 bits per heavy atom. The van der Waals surface area contributed by atoms with Crippen molar-refractivity contribution in [2.45, 2.75) is 6.92 Å². The number of rotatable bonds is 2. The van der Waals surface area contributed by atoms with E-state index >= 15 is 0 Å². The Morgan fingerprint density at radius 2 is 0.727 bits per heavy atom. The molecular weight excluding hydrogens is 152 g/mol. The predicted molar refractivity (Wildman–Crippen MR) is 41.1 cm³/mol. The zero-order valence-corrected chi connectivity index (χ0v) is 6.77. The molecule has 0 unspecified atom stereocenters. The molecule has 0 saturated heterocycles. The summed E-state index contributed by atoms with van der Waals surface area (Å²) in [4.78, 5) is 0. The minimum Gasteiger partial charge on any atom is -0.397 e. The smallest absolute Gasteiger partial charge is 0.0662 e. The quantitative estimate of drug-likeness (QED) is 0.328. The maximum atomic E-state index is 7.62. The molecule has 5 N–H and O–H groups in total. The summed E-state index contributed by atoms with van der Waals surface area (Å²) in [7, 11) is 0. The molecule has 0 spiro atoms. The van der Waals surface area contributed by atoms with Crippen molar-refractivity contribution in [3.63, 3.8) is 0 Å². The highest BCUT2D eigenvalue weighted by molar-refractivity contribution is 4.07. The third-order valence-corrected chi connectivity index (χ3v) is 0.200. The Balaban J connectivity index is -0.0000000886. The van der Waals surface area contributed by atoms with Crippen molar-refractivity contribution >= 4 is 0 Å². The molecule has 11 heavy (non-hydrogen) atoms. The van der Waals surface area contributed by atoms with Crippen molar-refractivity contribution in [1.29, 1.82) is 0 Å². The van der Waals surface area contributed by atoms with Gasteiger partial charge in [-0.05, 0) is 6.92 Å². The summed E-state index contributed by atoms with van der Waals surface area (Å²) < 4.78 is 0. The van der Waals surface area contributed by atoms with E-state index in [2.05, 4.69) is 0 Å². The summed E-state index contributed by atoms with van der Waals surface area (Å²) in [5.74, 6) is 0. The first-order valence-corrected chi connectivity index (χ1v) is 3.29. The van der Waals surface area contributed by atoms with Gasteiger partial charge in [-0.2, -0.15) is 0 Å². The minimum absolute atomic E-state index is 0.125. The molecule has 0 rings (SSSR count). The van der Waals surface area contributed by atoms with Gasteiger partial charge in [-0.15, -0.1) is 0 Å². The van der Waals surface area contributed by atoms with E-state index < -0.39 is 0 Å². The van der Waals surface area contributed by atoms with Gasteiger partial charge in [-0.25, -0.2) is 0 Å². The Labute approximate surface area is 66.5 Å². The van der Waals surface area contributed by atoms with Crippen LogP contribution < -0.4 is 0 Å². The summed E-state index contributed by atoms with van der Waals surface area (Å²) in [6, 6.07) is 0. The molecule has 0 fully saturated rings. The first kappa shape index (κ1) is 17.0. The molecule has 0 amide bonds. The standard InChI is InChI=1S/2C2H6O2.C2H6O/c2*3-1-2-4;1-2-3/h2*3-4H,1-2H2;3H,2H2,1H3. The third-order valence-electron chi connectivity index (χ3n) is 0.200. The molecule has 5 heteroatoms. The normalized spacial score (nSPS) is 7.09. The average molecular weight is 170 g/mol. The summed E-state index contributed by atoms with van der Waals surface area (Å²) in [5, 5.41) is 38.1. The zero-order valence-electron chi connectivity index (χ0n) is 6.77. The lowest BCUT2D eigenvalue weighted by Gasteiger charge is -1.70. The highest BCUT2D eigenvalue weighted by Gasteiger charge is 1.58. The van der Waals surface area contributed by atoms with E-state index in [-0.39, 0.29) is 33.0 Å². The minimum atomic E-state index is -0.125. The molecule has 0 radical (unpaired) electrons. The second kappa shape index (κ2) is 32.9. The zero-order chi connectivity index (χ0) is 9.54. The van der Waals surface area contributed by atoms with Gasteiger partial charge in [0.1, 0.15) is 0 Å². The number of aliphatic hydroxyl groups excluding tert-OH is 5. The van der Waals surface area contributed by atoms with E-state index in [9.17, 15) is 0 Å². The Kier molecular flexibility index (Phi) is 51.1. The van der Waals surface area contributed by atoms with Crippen LogP contribution in [0.15, 0.2) is 0 Å². The maximum Gasteiger partial charge on any atom is 0.0662 e. The molecule has 0 atom stereocenters. The fourth-order valence-electron chi connectivity index (χ4n) is 0. The first-order chi connectivity index (χ1) is 5.24. The van der Waals surface area contributed by atoms with E-state index in [1.54, 1.807) is 6.92 Å². The van der Waals surface area contributed by atoms with Crippen molar-refractivity contribution < 1.29 is 25.5 Å². The highest BCUT2D eigenvalue weighted by Crippen LogP contribution is 1.40. The van der Waals surface area contributed by atoms with Crippen LogP contribution in [0.5, 0.6) is 0 Å². The van der Waals surface area contributed by atoms with E-state index in [0.717, 1.165) is 0 Å². The Morgan fingerprint density at radius 1 is 0.636 bits per heavy atom. The van der Waals surface area contributed by atoms with Gasteiger partial charge in [0.2, 0.25) is 0 Å². The van der Waals surface area contributed by atoms with Crippen LogP contribution in [0.25, 0.3) is 0 Å². The molecule has 72 valence electrons. The van der Waals surface area contributed by atoms with Gasteiger partial charge in [0.25, 0.3) is 0 Å². The summed E-state index contributed by atoms with van der Waals surface area (Å²) in [6.45, 7) is 1.43. The largest absolute Gasteiger partial charge is 0.397 e. The lowest BCUT2D eigenvalue weighted by Crippen LogP contribution is -1.85. The van der Waals surface area contributed by atoms with Crippen LogP contribution in [0.1, 0.15) is 6.92 Å². The fraction of sp³-hybridized carbons (Fsp3) is 1.00. The lowest BCUT2D eigenvalue weighted by atomic mass is 10.8. The molecule has 0 aliphatic carbocycles. The van der Waals surface area contributed by atoms with E-state index in [0.29, 0.717) is 0 Å². The SMILES string of the molecule is CCO.OCCO.OCCO. The first-order valence-electron chi connectivity index (χ1n) is 3.29. The molecular formula is C6H18O5. The van der Waals surface area contributed by atoms with Gasteiger partial charge in [0, 0.05) is 6.61 Å². The maximum absolute atomic E-state index is 7.62. The molecule has 0 bridgehead atoms. The topological polar surface area (TPSA) is 101 Å². The van der Waals surface area contributed by atoms with Crippen molar-refractivity contribution in [3.8, 4) is 0 Å². The molecule has 0 aromatic heterocycles. The second-order valence-corrected chi connectivity index (χ2v) is 1.21. The van der Waals surface area contributed by atoms with Crippen molar-refractivity contribution in [3.05, 3.63) is 0 Å². The van der Waals surface area contributed by atoms with Crippen molar-refractivity contribution in [1.82, 2.24) is 0 Å². The molecule has 0 aromatic carbocycles. The van der Waals surface area contributed by atoms with Crippen molar-refractivity contribution in [2.24, 2.45) is 0 Å². The monoisotopic (exact) mass is 170 g/mol. The van der Waals surface area contributed by atoms with Gasteiger partial charge in [-0.3, -0.25) is 0 Å². The van der Waals surface area contributed by atoms with Crippen LogP contribution in [0.2, 0.25) is 0 Å². The number of hydrogen-bond donors (Lipinski definition) is 5. The van der Waals surface area contributed by atoms with Crippen LogP contribution >= 0.6 is 0 Å². The molecule has 0 aliphatic rings. The predicted octanol–water partition coefficient (Wildman–Crippen LogP) is -2.06. The van der Waals surface area contributed by atoms with Gasteiger partial charge < -0.3 is 25.5 Å². The van der Waals surface area contributed by atoms with Crippen LogP contribution in [-0.2, 0) is 0 Å². The van der Waals surface area contributed by atoms with E-state index in [1.807, 2.05) is 0 Å². The van der Waals surface area contributed by atoms with Gasteiger partial charge in [-0.1, -0.05) is 0 Å². The summed E-state index contributed by atoms with van der Waals surface area (Å²) in [5.41, 5.74) is 0. The van der Waals surface area contributed by atoms with E-state index in [1.165, 1.54) is 0 Å². The fourth-order valence-corrected chi connectivity index (χ4v) is 0. The Bertz CT molecular complexity index is 26.2. The molecule has 5 nitrogen and oxygen atoms in total. The summed E-state index contributed by atoms with van der Waals surface area (Å²) >= 11 is 0. The molecule has 0 aliphatic heterocycles. The van der Waals surface area contributed by atoms with E-state index in [4.69, 9.17) is 25.5 Å². The van der Waals surface area contributed by atoms with Crippen LogP contribution in [0.3, 0.4) is 0 Å². The van der Waals surface area contributed by atoms with Crippen molar-refractivity contribution in [2.75, 3.05) is 33.0 Å². The lowest BCUT2D eigenvalue weighted by molar-refractivity contribution is 0.186. The Hall–Kier alpha value is -0.200. The van der Waals surface area contributed by atoms with Crippen LogP contribution in [0, 0.1) is 0 Å². The van der Waals surface area contributed by atoms with Crippen LogP contribution in [0.4, 0.5) is 0 Å². The molecule has 0 heterocycles. The third kappa shape index (κ3) is 184. The van der Waals surface area contributed by atoms with Gasteiger partial charge in [0.15, 0.2) is 0 Å². The number of aliphatic hydroxyl groups is 5. The average Bonchev–Trinajstić information content (AvgIpc) is 2.06.